The van der Waals surface area contributed by atoms with Gasteiger partial charge >= 0.3 is 5.97 Å². The van der Waals surface area contributed by atoms with Gasteiger partial charge in [-0.05, 0) is 25.0 Å². The second-order valence-corrected chi connectivity index (χ2v) is 3.43. The summed E-state index contributed by atoms with van der Waals surface area (Å²) in [5.41, 5.74) is 0.243. The average Bonchev–Trinajstić information content (AvgIpc) is 2.99. The van der Waals surface area contributed by atoms with E-state index in [2.05, 4.69) is 4.98 Å². The van der Waals surface area contributed by atoms with Crippen molar-refractivity contribution in [3.05, 3.63) is 29.6 Å². The zero-order chi connectivity index (χ0) is 10.2. The Kier molecular flexibility index (Phi) is 1.74. The fourth-order valence-corrected chi connectivity index (χ4v) is 1.45. The lowest BCUT2D eigenvalue weighted by molar-refractivity contribution is -0.140. The maximum absolute atomic E-state index is 10.9. The third-order valence-corrected chi connectivity index (χ3v) is 2.54. The molecule has 1 N–H and O–H groups in total. The van der Waals surface area contributed by atoms with Crippen molar-refractivity contribution < 1.29 is 9.90 Å². The van der Waals surface area contributed by atoms with Gasteiger partial charge in [-0.3, -0.25) is 9.78 Å². The number of nitrogens with zero attached hydrogens (tertiary/aromatic N) is 2. The predicted octanol–water partition coefficient (Wildman–Crippen LogP) is 1.07. The van der Waals surface area contributed by atoms with E-state index in [0.29, 0.717) is 24.1 Å². The first-order valence-corrected chi connectivity index (χ1v) is 4.29. The lowest BCUT2D eigenvalue weighted by atomic mass is 10.0. The smallest absolute Gasteiger partial charge is 0.315 e. The highest BCUT2D eigenvalue weighted by Gasteiger charge is 2.52. The fourth-order valence-electron chi connectivity index (χ4n) is 1.45. The van der Waals surface area contributed by atoms with Crippen LogP contribution in [0.15, 0.2) is 18.3 Å². The Morgan fingerprint density at radius 2 is 2.29 bits per heavy atom. The molecule has 1 saturated carbocycles. The Morgan fingerprint density at radius 3 is 2.64 bits per heavy atom. The van der Waals surface area contributed by atoms with E-state index in [9.17, 15) is 4.79 Å². The molecule has 1 heterocycles. The van der Waals surface area contributed by atoms with Crippen molar-refractivity contribution in [2.24, 2.45) is 0 Å². The van der Waals surface area contributed by atoms with Crippen molar-refractivity contribution in [2.75, 3.05) is 0 Å². The normalized spacial score (nSPS) is 17.1. The van der Waals surface area contributed by atoms with Crippen LogP contribution in [0, 0.1) is 11.3 Å². The zero-order valence-electron chi connectivity index (χ0n) is 7.40. The summed E-state index contributed by atoms with van der Waals surface area (Å²) in [6, 6.07) is 5.17. The molecule has 14 heavy (non-hydrogen) atoms. The van der Waals surface area contributed by atoms with Gasteiger partial charge in [0.05, 0.1) is 11.3 Å². The van der Waals surface area contributed by atoms with E-state index < -0.39 is 11.4 Å². The molecule has 0 saturated heterocycles. The lowest BCUT2D eigenvalue weighted by Gasteiger charge is -2.07. The van der Waals surface area contributed by atoms with Crippen molar-refractivity contribution in [3.8, 4) is 6.07 Å². The molecule has 0 aliphatic heterocycles. The summed E-state index contributed by atoms with van der Waals surface area (Å²) >= 11 is 0. The van der Waals surface area contributed by atoms with E-state index in [1.54, 1.807) is 12.1 Å². The summed E-state index contributed by atoms with van der Waals surface area (Å²) in [5.74, 6) is -0.824. The van der Waals surface area contributed by atoms with Crippen molar-refractivity contribution >= 4 is 5.97 Å². The molecule has 0 aromatic carbocycles. The quantitative estimate of drug-likeness (QED) is 0.753. The molecule has 1 aromatic rings. The maximum atomic E-state index is 10.9. The summed E-state index contributed by atoms with van der Waals surface area (Å²) in [4.78, 5) is 14.9. The second kappa shape index (κ2) is 2.81. The van der Waals surface area contributed by atoms with Gasteiger partial charge in [-0.25, -0.2) is 0 Å². The van der Waals surface area contributed by atoms with E-state index in [-0.39, 0.29) is 0 Å². The van der Waals surface area contributed by atoms with Crippen molar-refractivity contribution in [2.45, 2.75) is 18.3 Å². The van der Waals surface area contributed by atoms with Crippen LogP contribution < -0.4 is 0 Å². The number of pyridine rings is 1. The van der Waals surface area contributed by atoms with Crippen LogP contribution in [0.5, 0.6) is 0 Å². The largest absolute Gasteiger partial charge is 0.481 e. The van der Waals surface area contributed by atoms with Crippen LogP contribution in [0.25, 0.3) is 0 Å². The van der Waals surface area contributed by atoms with E-state index >= 15 is 0 Å². The second-order valence-electron chi connectivity index (χ2n) is 3.43. The molecule has 0 atom stereocenters. The number of carbonyl (C=O) groups is 1. The number of rotatable bonds is 2. The summed E-state index contributed by atoms with van der Waals surface area (Å²) in [6.45, 7) is 0. The lowest BCUT2D eigenvalue weighted by Crippen LogP contribution is -2.20. The fraction of sp³-hybridized carbons (Fsp3) is 0.300. The van der Waals surface area contributed by atoms with Crippen LogP contribution >= 0.6 is 0 Å². The SMILES string of the molecule is N#Cc1ccc(C2(C(=O)O)CC2)nc1. The van der Waals surface area contributed by atoms with Crippen LogP contribution in [-0.4, -0.2) is 16.1 Å². The van der Waals surface area contributed by atoms with Crippen LogP contribution in [-0.2, 0) is 10.2 Å². The first-order valence-electron chi connectivity index (χ1n) is 4.29. The number of hydrogen-bond donors (Lipinski definition) is 1. The third kappa shape index (κ3) is 1.14. The highest BCUT2D eigenvalue weighted by Crippen LogP contribution is 2.47. The number of carboxylic acids is 1. The van der Waals surface area contributed by atoms with E-state index in [4.69, 9.17) is 10.4 Å². The van der Waals surface area contributed by atoms with Gasteiger partial charge in [0.25, 0.3) is 0 Å². The molecule has 1 aliphatic rings. The number of carboxylic acid groups (broad SMARTS) is 1. The molecule has 0 bridgehead atoms. The molecule has 1 fully saturated rings. The molecular weight excluding hydrogens is 180 g/mol. The van der Waals surface area contributed by atoms with Crippen molar-refractivity contribution in [1.29, 1.82) is 5.26 Å². The number of hydrogen-bond acceptors (Lipinski definition) is 3. The average molecular weight is 188 g/mol. The third-order valence-electron chi connectivity index (χ3n) is 2.54. The molecular formula is C10H8N2O2. The molecule has 4 nitrogen and oxygen atoms in total. The van der Waals surface area contributed by atoms with Gasteiger partial charge in [-0.2, -0.15) is 5.26 Å². The Balaban J connectivity index is 2.35. The first-order chi connectivity index (χ1) is 6.69. The highest BCUT2D eigenvalue weighted by molar-refractivity contribution is 5.84. The van der Waals surface area contributed by atoms with Gasteiger partial charge in [0.2, 0.25) is 0 Å². The summed E-state index contributed by atoms with van der Waals surface area (Å²) in [6.07, 6.45) is 2.70. The minimum atomic E-state index is -0.824. The van der Waals surface area contributed by atoms with E-state index in [1.807, 2.05) is 6.07 Å². The minimum absolute atomic E-state index is 0.454. The molecule has 0 radical (unpaired) electrons. The molecule has 4 heteroatoms. The number of aliphatic carboxylic acids is 1. The Labute approximate surface area is 80.8 Å². The predicted molar refractivity (Wildman–Crippen MR) is 47.5 cm³/mol. The maximum Gasteiger partial charge on any atom is 0.315 e. The van der Waals surface area contributed by atoms with Crippen LogP contribution in [0.4, 0.5) is 0 Å². The van der Waals surface area contributed by atoms with Crippen LogP contribution in [0.1, 0.15) is 24.1 Å². The number of aromatic nitrogens is 1. The van der Waals surface area contributed by atoms with E-state index in [1.165, 1.54) is 6.20 Å². The first kappa shape index (κ1) is 8.70. The molecule has 0 unspecified atom stereocenters. The molecule has 2 rings (SSSR count). The van der Waals surface area contributed by atoms with Crippen molar-refractivity contribution in [1.82, 2.24) is 4.98 Å². The topological polar surface area (TPSA) is 74.0 Å². The molecule has 0 amide bonds. The van der Waals surface area contributed by atoms with Gasteiger partial charge in [-0.1, -0.05) is 0 Å². The van der Waals surface area contributed by atoms with Crippen molar-refractivity contribution in [3.63, 3.8) is 0 Å². The molecule has 0 spiro atoms. The molecule has 1 aliphatic carbocycles. The Morgan fingerprint density at radius 1 is 1.57 bits per heavy atom. The number of nitriles is 1. The monoisotopic (exact) mass is 188 g/mol. The van der Waals surface area contributed by atoms with Gasteiger partial charge < -0.3 is 5.11 Å². The summed E-state index contributed by atoms with van der Waals surface area (Å²) in [7, 11) is 0. The minimum Gasteiger partial charge on any atom is -0.481 e. The molecule has 70 valence electrons. The van der Waals surface area contributed by atoms with Gasteiger partial charge in [-0.15, -0.1) is 0 Å². The van der Waals surface area contributed by atoms with Gasteiger partial charge in [0, 0.05) is 6.20 Å². The zero-order valence-corrected chi connectivity index (χ0v) is 7.40. The van der Waals surface area contributed by atoms with Crippen LogP contribution in [0.3, 0.4) is 0 Å². The molecule has 1 aromatic heterocycles. The van der Waals surface area contributed by atoms with Gasteiger partial charge in [0.15, 0.2) is 0 Å². The summed E-state index contributed by atoms with van der Waals surface area (Å²) in [5, 5.41) is 17.5. The Bertz CT molecular complexity index is 413. The standard InChI is InChI=1S/C10H8N2O2/c11-5-7-1-2-8(12-6-7)10(3-4-10)9(13)14/h1-2,6H,3-4H2,(H,13,14). The highest BCUT2D eigenvalue weighted by atomic mass is 16.4. The van der Waals surface area contributed by atoms with Gasteiger partial charge in [0.1, 0.15) is 11.5 Å². The van der Waals surface area contributed by atoms with Crippen LogP contribution in [0.2, 0.25) is 0 Å². The Hall–Kier alpha value is -1.89. The van der Waals surface area contributed by atoms with E-state index in [0.717, 1.165) is 0 Å². The summed E-state index contributed by atoms with van der Waals surface area (Å²) < 4.78 is 0.